The van der Waals surface area contributed by atoms with Gasteiger partial charge < -0.3 is 20.7 Å². The molecule has 0 saturated carbocycles. The Bertz CT molecular complexity index is 1300. The average molecular weight is 509 g/mol. The molecule has 186 valence electrons. The molecular weight excluding hydrogens is 483 g/mol. The summed E-state index contributed by atoms with van der Waals surface area (Å²) >= 11 is 6.43. The predicted molar refractivity (Wildman–Crippen MR) is 138 cm³/mol. The largest absolute Gasteiger partial charge is 0.487 e. The molecule has 1 aliphatic rings. The third-order valence-electron chi connectivity index (χ3n) is 5.88. The molecule has 1 saturated heterocycles. The molecule has 10 heteroatoms. The van der Waals surface area contributed by atoms with E-state index >= 15 is 0 Å². The molecule has 4 N–H and O–H groups in total. The van der Waals surface area contributed by atoms with Crippen molar-refractivity contribution in [2.75, 3.05) is 24.1 Å². The lowest BCUT2D eigenvalue weighted by Crippen LogP contribution is -2.44. The van der Waals surface area contributed by atoms with Gasteiger partial charge in [0.15, 0.2) is 0 Å². The van der Waals surface area contributed by atoms with Gasteiger partial charge in [-0.3, -0.25) is 10.2 Å². The molecule has 8 nitrogen and oxygen atoms in total. The molecule has 1 aliphatic heterocycles. The first kappa shape index (κ1) is 25.1. The van der Waals surface area contributed by atoms with E-state index in [9.17, 15) is 9.18 Å². The average Bonchev–Trinajstić information content (AvgIpc) is 2.87. The number of rotatable bonds is 8. The number of ether oxygens (including phenoxy) is 1. The minimum Gasteiger partial charge on any atom is -0.487 e. The fourth-order valence-corrected chi connectivity index (χ4v) is 4.31. The highest BCUT2D eigenvalue weighted by atomic mass is 35.5. The van der Waals surface area contributed by atoms with Crippen LogP contribution in [0.1, 0.15) is 29.5 Å². The first-order valence-corrected chi connectivity index (χ1v) is 11.8. The minimum absolute atomic E-state index is 0.0642. The Labute approximate surface area is 213 Å². The van der Waals surface area contributed by atoms with Gasteiger partial charge in [-0.2, -0.15) is 0 Å². The standard InChI is InChI=1S/C26H26ClFN6O2/c1-2-22(35)34-10-4-7-19(13-34)33-26-23(25(30)31-15-32-26)24(29)17-8-9-21(20(27)12-17)36-14-16-5-3-6-18(28)11-16/h2-3,5-6,8-9,11-12,15,19,29H,1,4,7,10,13-14H2,(H3,30,31,32,33). The van der Waals surface area contributed by atoms with Crippen molar-refractivity contribution in [3.05, 3.63) is 89.0 Å². The predicted octanol–water partition coefficient (Wildman–Crippen LogP) is 4.44. The number of hydrogen-bond acceptors (Lipinski definition) is 7. The van der Waals surface area contributed by atoms with Crippen LogP contribution in [0.4, 0.5) is 16.0 Å². The van der Waals surface area contributed by atoms with Gasteiger partial charge in [0.1, 0.15) is 36.1 Å². The second kappa shape index (κ2) is 11.2. The summed E-state index contributed by atoms with van der Waals surface area (Å²) in [5.41, 5.74) is 7.75. The number of amides is 1. The number of aromatic nitrogens is 2. The van der Waals surface area contributed by atoms with Crippen molar-refractivity contribution in [3.8, 4) is 5.75 Å². The Morgan fingerprint density at radius 3 is 2.92 bits per heavy atom. The zero-order chi connectivity index (χ0) is 25.7. The highest BCUT2D eigenvalue weighted by Gasteiger charge is 2.25. The van der Waals surface area contributed by atoms with Crippen LogP contribution in [0.2, 0.25) is 5.02 Å². The van der Waals surface area contributed by atoms with Crippen LogP contribution in [0.5, 0.6) is 5.75 Å². The van der Waals surface area contributed by atoms with Crippen molar-refractivity contribution in [1.29, 1.82) is 5.41 Å². The molecule has 2 aromatic carbocycles. The summed E-state index contributed by atoms with van der Waals surface area (Å²) in [4.78, 5) is 22.2. The molecule has 0 radical (unpaired) electrons. The molecule has 2 heterocycles. The first-order chi connectivity index (χ1) is 17.4. The van der Waals surface area contributed by atoms with Crippen LogP contribution in [0.25, 0.3) is 0 Å². The SMILES string of the molecule is C=CC(=O)N1CCCC(Nc2ncnc(N)c2C(=N)c2ccc(OCc3cccc(F)c3)c(Cl)c2)C1. The molecule has 0 aliphatic carbocycles. The van der Waals surface area contributed by atoms with E-state index < -0.39 is 0 Å². The van der Waals surface area contributed by atoms with E-state index in [0.717, 1.165) is 12.8 Å². The Morgan fingerprint density at radius 2 is 2.17 bits per heavy atom. The Morgan fingerprint density at radius 1 is 1.33 bits per heavy atom. The second-order valence-electron chi connectivity index (χ2n) is 8.39. The van der Waals surface area contributed by atoms with Crippen LogP contribution in [0, 0.1) is 11.2 Å². The number of nitrogens with zero attached hydrogens (tertiary/aromatic N) is 3. The number of nitrogen functional groups attached to an aromatic ring is 1. The van der Waals surface area contributed by atoms with Crippen LogP contribution in [-0.2, 0) is 11.4 Å². The third-order valence-corrected chi connectivity index (χ3v) is 6.17. The van der Waals surface area contributed by atoms with E-state index in [4.69, 9.17) is 27.5 Å². The maximum atomic E-state index is 13.4. The quantitative estimate of drug-likeness (QED) is 0.306. The van der Waals surface area contributed by atoms with E-state index in [1.165, 1.54) is 24.5 Å². The lowest BCUT2D eigenvalue weighted by molar-refractivity contribution is -0.127. The third kappa shape index (κ3) is 5.80. The highest BCUT2D eigenvalue weighted by molar-refractivity contribution is 6.32. The molecule has 1 amide bonds. The summed E-state index contributed by atoms with van der Waals surface area (Å²) in [6.07, 6.45) is 4.31. The lowest BCUT2D eigenvalue weighted by Gasteiger charge is -2.33. The lowest BCUT2D eigenvalue weighted by atomic mass is 10.0. The fraction of sp³-hybridized carbons (Fsp3) is 0.231. The van der Waals surface area contributed by atoms with Crippen LogP contribution >= 0.6 is 11.6 Å². The van der Waals surface area contributed by atoms with Gasteiger partial charge in [0, 0.05) is 24.7 Å². The summed E-state index contributed by atoms with van der Waals surface area (Å²) < 4.78 is 19.1. The monoisotopic (exact) mass is 508 g/mol. The normalized spacial score (nSPS) is 15.3. The van der Waals surface area contributed by atoms with Crippen LogP contribution in [-0.4, -0.2) is 45.6 Å². The number of benzene rings is 2. The smallest absolute Gasteiger partial charge is 0.246 e. The number of hydrogen-bond donors (Lipinski definition) is 3. The summed E-state index contributed by atoms with van der Waals surface area (Å²) in [6, 6.07) is 11.0. The van der Waals surface area contributed by atoms with E-state index in [1.807, 2.05) is 0 Å². The highest BCUT2D eigenvalue weighted by Crippen LogP contribution is 2.30. The van der Waals surface area contributed by atoms with Gasteiger partial charge in [0.25, 0.3) is 0 Å². The van der Waals surface area contributed by atoms with Gasteiger partial charge in [-0.1, -0.05) is 30.3 Å². The maximum absolute atomic E-state index is 13.4. The number of likely N-dealkylation sites (tertiary alicyclic amines) is 1. The Balaban J connectivity index is 1.51. The zero-order valence-corrected chi connectivity index (χ0v) is 20.3. The van der Waals surface area contributed by atoms with Crippen molar-refractivity contribution < 1.29 is 13.9 Å². The molecule has 0 bridgehead atoms. The molecule has 1 aromatic heterocycles. The number of nitrogens with two attached hydrogens (primary N) is 1. The number of anilines is 2. The van der Waals surface area contributed by atoms with Crippen molar-refractivity contribution in [2.24, 2.45) is 0 Å². The molecule has 1 atom stereocenters. The van der Waals surface area contributed by atoms with Gasteiger partial charge in [-0.05, 0) is 54.8 Å². The van der Waals surface area contributed by atoms with Gasteiger partial charge >= 0.3 is 0 Å². The van der Waals surface area contributed by atoms with Gasteiger partial charge in [0.05, 0.1) is 16.3 Å². The number of carbonyl (C=O) groups excluding carboxylic acids is 1. The van der Waals surface area contributed by atoms with Gasteiger partial charge in [-0.25, -0.2) is 14.4 Å². The van der Waals surface area contributed by atoms with E-state index in [-0.39, 0.29) is 35.9 Å². The molecular formula is C26H26ClFN6O2. The van der Waals surface area contributed by atoms with Crippen LogP contribution < -0.4 is 15.8 Å². The van der Waals surface area contributed by atoms with Crippen LogP contribution in [0.3, 0.4) is 0 Å². The molecule has 36 heavy (non-hydrogen) atoms. The maximum Gasteiger partial charge on any atom is 0.246 e. The topological polar surface area (TPSA) is 117 Å². The van der Waals surface area contributed by atoms with Gasteiger partial charge in [-0.15, -0.1) is 0 Å². The first-order valence-electron chi connectivity index (χ1n) is 11.4. The summed E-state index contributed by atoms with van der Waals surface area (Å²) in [5.74, 6) is 0.502. The molecule has 1 fully saturated rings. The number of carbonyl (C=O) groups is 1. The van der Waals surface area contributed by atoms with E-state index in [2.05, 4.69) is 21.9 Å². The Kier molecular flexibility index (Phi) is 7.80. The number of nitrogens with one attached hydrogen (secondary N) is 2. The van der Waals surface area contributed by atoms with Crippen molar-refractivity contribution >= 4 is 34.9 Å². The van der Waals surface area contributed by atoms with E-state index in [1.54, 1.807) is 35.2 Å². The Hall–Kier alpha value is -3.98. The minimum atomic E-state index is -0.341. The van der Waals surface area contributed by atoms with Crippen molar-refractivity contribution in [2.45, 2.75) is 25.5 Å². The molecule has 3 aromatic rings. The van der Waals surface area contributed by atoms with Gasteiger partial charge in [0.2, 0.25) is 5.91 Å². The van der Waals surface area contributed by atoms with E-state index in [0.29, 0.717) is 46.4 Å². The summed E-state index contributed by atoms with van der Waals surface area (Å²) in [6.45, 7) is 4.87. The number of piperidine rings is 1. The molecule has 1 unspecified atom stereocenters. The van der Waals surface area contributed by atoms with Crippen molar-refractivity contribution in [1.82, 2.24) is 14.9 Å². The molecule has 4 rings (SSSR count). The summed E-state index contributed by atoms with van der Waals surface area (Å²) in [5, 5.41) is 12.4. The number of halogens is 2. The van der Waals surface area contributed by atoms with Crippen LogP contribution in [0.15, 0.2) is 61.4 Å². The fourth-order valence-electron chi connectivity index (χ4n) is 4.08. The molecule has 0 spiro atoms. The summed E-state index contributed by atoms with van der Waals surface area (Å²) in [7, 11) is 0. The second-order valence-corrected chi connectivity index (χ2v) is 8.80. The van der Waals surface area contributed by atoms with Crippen molar-refractivity contribution in [3.63, 3.8) is 0 Å². The zero-order valence-electron chi connectivity index (χ0n) is 19.5.